The van der Waals surface area contributed by atoms with E-state index >= 15 is 0 Å². The molecule has 0 rings (SSSR count). The molecular formula is C9H16. The molecule has 0 saturated heterocycles. The van der Waals surface area contributed by atoms with E-state index in [1.165, 1.54) is 5.57 Å². The predicted octanol–water partition coefficient (Wildman–Crippen LogP) is 3.31. The summed E-state index contributed by atoms with van der Waals surface area (Å²) in [6.07, 6.45) is 8.87. The standard InChI is InChI=1S/C9H16/c1-4-5-6-7-8-9(2)3/h5-6,8H,4,7H2,1-3H3/b6-5-. The second-order valence-corrected chi connectivity index (χ2v) is 2.40. The van der Waals surface area contributed by atoms with E-state index in [1.807, 2.05) is 0 Å². The van der Waals surface area contributed by atoms with Crippen molar-refractivity contribution >= 4 is 0 Å². The molecule has 0 aliphatic rings. The Labute approximate surface area is 58.3 Å². The first-order valence-electron chi connectivity index (χ1n) is 3.55. The van der Waals surface area contributed by atoms with Crippen molar-refractivity contribution in [2.24, 2.45) is 0 Å². The lowest BCUT2D eigenvalue weighted by molar-refractivity contribution is 1.19. The summed E-state index contributed by atoms with van der Waals surface area (Å²) in [5.74, 6) is 0. The van der Waals surface area contributed by atoms with E-state index in [-0.39, 0.29) is 0 Å². The smallest absolute Gasteiger partial charge is 0.0167 e. The van der Waals surface area contributed by atoms with E-state index in [1.54, 1.807) is 0 Å². The minimum Gasteiger partial charge on any atom is -0.0885 e. The summed E-state index contributed by atoms with van der Waals surface area (Å²) in [7, 11) is 0. The van der Waals surface area contributed by atoms with E-state index in [4.69, 9.17) is 0 Å². The number of hydrogen-bond donors (Lipinski definition) is 0. The number of allylic oxidation sites excluding steroid dienone is 4. The van der Waals surface area contributed by atoms with Crippen molar-refractivity contribution in [1.29, 1.82) is 0 Å². The number of rotatable bonds is 3. The molecular weight excluding hydrogens is 108 g/mol. The molecule has 0 nitrogen and oxygen atoms in total. The third kappa shape index (κ3) is 7.48. The molecule has 0 unspecified atom stereocenters. The van der Waals surface area contributed by atoms with Crippen LogP contribution < -0.4 is 0 Å². The van der Waals surface area contributed by atoms with Crippen LogP contribution in [0.4, 0.5) is 0 Å². The molecule has 0 N–H and O–H groups in total. The highest BCUT2D eigenvalue weighted by molar-refractivity contribution is 4.98. The normalized spacial score (nSPS) is 10.1. The maximum atomic E-state index is 2.23. The molecule has 0 aromatic carbocycles. The van der Waals surface area contributed by atoms with Gasteiger partial charge in [-0.2, -0.15) is 0 Å². The van der Waals surface area contributed by atoms with E-state index < -0.39 is 0 Å². The summed E-state index contributed by atoms with van der Waals surface area (Å²) in [5, 5.41) is 0. The van der Waals surface area contributed by atoms with Gasteiger partial charge in [-0.05, 0) is 26.7 Å². The molecule has 0 aliphatic carbocycles. The van der Waals surface area contributed by atoms with Crippen LogP contribution in [0.15, 0.2) is 23.8 Å². The Morgan fingerprint density at radius 3 is 2.33 bits per heavy atom. The Kier molecular flexibility index (Phi) is 5.29. The molecule has 0 bridgehead atoms. The van der Waals surface area contributed by atoms with Gasteiger partial charge in [0.05, 0.1) is 0 Å². The summed E-state index contributed by atoms with van der Waals surface area (Å²) in [6.45, 7) is 6.40. The van der Waals surface area contributed by atoms with Gasteiger partial charge in [-0.1, -0.05) is 30.7 Å². The Balaban J connectivity index is 3.29. The van der Waals surface area contributed by atoms with Gasteiger partial charge in [0.2, 0.25) is 0 Å². The Hall–Kier alpha value is -0.520. The third-order valence-electron chi connectivity index (χ3n) is 1.06. The minimum absolute atomic E-state index is 1.09. The Bertz CT molecular complexity index is 103. The molecule has 0 aromatic heterocycles. The highest BCUT2D eigenvalue weighted by atomic mass is 13.8. The van der Waals surface area contributed by atoms with Crippen molar-refractivity contribution in [1.82, 2.24) is 0 Å². The van der Waals surface area contributed by atoms with Crippen LogP contribution >= 0.6 is 0 Å². The second kappa shape index (κ2) is 5.61. The van der Waals surface area contributed by atoms with Crippen LogP contribution in [0, 0.1) is 0 Å². The summed E-state index contributed by atoms with van der Waals surface area (Å²) in [4.78, 5) is 0. The SMILES string of the molecule is CC/C=C\CC=C(C)C. The summed E-state index contributed by atoms with van der Waals surface area (Å²) < 4.78 is 0. The largest absolute Gasteiger partial charge is 0.0885 e. The first kappa shape index (κ1) is 8.48. The zero-order valence-electron chi connectivity index (χ0n) is 6.65. The maximum absolute atomic E-state index is 2.23. The third-order valence-corrected chi connectivity index (χ3v) is 1.06. The zero-order chi connectivity index (χ0) is 7.11. The van der Waals surface area contributed by atoms with Gasteiger partial charge in [-0.3, -0.25) is 0 Å². The molecule has 0 aromatic rings. The maximum Gasteiger partial charge on any atom is -0.0167 e. The highest BCUT2D eigenvalue weighted by Gasteiger charge is 1.72. The van der Waals surface area contributed by atoms with Gasteiger partial charge in [0.15, 0.2) is 0 Å². The van der Waals surface area contributed by atoms with Crippen LogP contribution in [0.25, 0.3) is 0 Å². The molecule has 52 valence electrons. The Morgan fingerprint density at radius 1 is 1.22 bits per heavy atom. The van der Waals surface area contributed by atoms with Gasteiger partial charge in [-0.15, -0.1) is 0 Å². The second-order valence-electron chi connectivity index (χ2n) is 2.40. The molecule has 0 saturated carbocycles. The lowest BCUT2D eigenvalue weighted by Crippen LogP contribution is -1.63. The van der Waals surface area contributed by atoms with Gasteiger partial charge in [0.1, 0.15) is 0 Å². The highest BCUT2D eigenvalue weighted by Crippen LogP contribution is 1.94. The molecule has 0 amide bonds. The van der Waals surface area contributed by atoms with Crippen molar-refractivity contribution in [3.05, 3.63) is 23.8 Å². The lowest BCUT2D eigenvalue weighted by atomic mass is 10.2. The van der Waals surface area contributed by atoms with Crippen LogP contribution in [0.2, 0.25) is 0 Å². The van der Waals surface area contributed by atoms with Gasteiger partial charge in [0, 0.05) is 0 Å². The molecule has 0 aliphatic heterocycles. The van der Waals surface area contributed by atoms with Crippen molar-refractivity contribution in [3.63, 3.8) is 0 Å². The number of hydrogen-bond acceptors (Lipinski definition) is 0. The van der Waals surface area contributed by atoms with Gasteiger partial charge in [-0.25, -0.2) is 0 Å². The van der Waals surface area contributed by atoms with Crippen LogP contribution in [-0.4, -0.2) is 0 Å². The quantitative estimate of drug-likeness (QED) is 0.506. The van der Waals surface area contributed by atoms with E-state index in [2.05, 4.69) is 39.0 Å². The fourth-order valence-electron chi connectivity index (χ4n) is 0.567. The first-order valence-corrected chi connectivity index (χ1v) is 3.55. The van der Waals surface area contributed by atoms with Crippen molar-refractivity contribution < 1.29 is 0 Å². The molecule has 0 heteroatoms. The minimum atomic E-state index is 1.09. The van der Waals surface area contributed by atoms with E-state index in [0.29, 0.717) is 0 Å². The summed E-state index contributed by atoms with van der Waals surface area (Å²) in [5.41, 5.74) is 1.40. The van der Waals surface area contributed by atoms with Crippen LogP contribution in [0.3, 0.4) is 0 Å². The van der Waals surface area contributed by atoms with Crippen molar-refractivity contribution in [3.8, 4) is 0 Å². The van der Waals surface area contributed by atoms with Crippen molar-refractivity contribution in [2.45, 2.75) is 33.6 Å². The van der Waals surface area contributed by atoms with Crippen LogP contribution in [0.5, 0.6) is 0 Å². The van der Waals surface area contributed by atoms with Crippen molar-refractivity contribution in [2.75, 3.05) is 0 Å². The molecule has 0 heterocycles. The van der Waals surface area contributed by atoms with E-state index in [9.17, 15) is 0 Å². The molecule has 0 radical (unpaired) electrons. The van der Waals surface area contributed by atoms with E-state index in [0.717, 1.165) is 12.8 Å². The lowest BCUT2D eigenvalue weighted by Gasteiger charge is -1.84. The topological polar surface area (TPSA) is 0 Å². The Morgan fingerprint density at radius 2 is 1.89 bits per heavy atom. The zero-order valence-corrected chi connectivity index (χ0v) is 6.65. The predicted molar refractivity (Wildman–Crippen MR) is 43.5 cm³/mol. The first-order chi connectivity index (χ1) is 4.27. The average molecular weight is 124 g/mol. The van der Waals surface area contributed by atoms with Gasteiger partial charge in [0.25, 0.3) is 0 Å². The molecule has 0 atom stereocenters. The van der Waals surface area contributed by atoms with Crippen LogP contribution in [-0.2, 0) is 0 Å². The average Bonchev–Trinajstić information content (AvgIpc) is 1.80. The monoisotopic (exact) mass is 124 g/mol. The van der Waals surface area contributed by atoms with Gasteiger partial charge >= 0.3 is 0 Å². The molecule has 9 heavy (non-hydrogen) atoms. The summed E-state index contributed by atoms with van der Waals surface area (Å²) in [6, 6.07) is 0. The molecule has 0 fully saturated rings. The van der Waals surface area contributed by atoms with Gasteiger partial charge < -0.3 is 0 Å². The molecule has 0 spiro atoms. The van der Waals surface area contributed by atoms with Crippen LogP contribution in [0.1, 0.15) is 33.6 Å². The fourth-order valence-corrected chi connectivity index (χ4v) is 0.567. The fraction of sp³-hybridized carbons (Fsp3) is 0.556. The summed E-state index contributed by atoms with van der Waals surface area (Å²) >= 11 is 0.